The zero-order valence-electron chi connectivity index (χ0n) is 22.5. The Kier molecular flexibility index (Phi) is 5.24. The second-order valence-electron chi connectivity index (χ2n) is 14.5. The monoisotopic (exact) mass is 456 g/mol. The molecule has 0 aromatic heterocycles. The number of hydrogen-bond donors (Lipinski definition) is 1. The molecule has 3 unspecified atom stereocenters. The lowest BCUT2D eigenvalue weighted by Crippen LogP contribution is -2.57. The molecule has 0 aromatic carbocycles. The molecular weight excluding hydrogens is 408 g/mol. The fraction of sp³-hybridized carbons (Fsp3) is 0.900. The first-order chi connectivity index (χ1) is 15.2. The number of aliphatic hydroxyl groups excluding tert-OH is 1. The zero-order chi connectivity index (χ0) is 24.2. The summed E-state index contributed by atoms with van der Waals surface area (Å²) in [5, 5.41) is 10.9. The molecule has 3 saturated carbocycles. The summed E-state index contributed by atoms with van der Waals surface area (Å²) in [6, 6.07) is 0. The lowest BCUT2D eigenvalue weighted by Gasteiger charge is -2.63. The number of fused-ring (bicyclic) bond motifs is 5. The first-order valence-electron chi connectivity index (χ1n) is 13.8. The highest BCUT2D eigenvalue weighted by molar-refractivity contribution is 5.85. The molecule has 1 aliphatic heterocycles. The molecule has 3 nitrogen and oxygen atoms in total. The van der Waals surface area contributed by atoms with Crippen LogP contribution in [0.3, 0.4) is 0 Å². The highest BCUT2D eigenvalue weighted by Gasteiger charge is 2.65. The van der Waals surface area contributed by atoms with Gasteiger partial charge in [0.2, 0.25) is 0 Å². The minimum atomic E-state index is -0.350. The van der Waals surface area contributed by atoms with Crippen LogP contribution in [0.15, 0.2) is 11.6 Å². The van der Waals surface area contributed by atoms with E-state index in [4.69, 9.17) is 4.74 Å². The van der Waals surface area contributed by atoms with Gasteiger partial charge >= 0.3 is 0 Å². The molecule has 0 radical (unpaired) electrons. The van der Waals surface area contributed by atoms with E-state index in [0.717, 1.165) is 25.7 Å². The van der Waals surface area contributed by atoms with Gasteiger partial charge in [0.05, 0.1) is 11.7 Å². The fourth-order valence-electron chi connectivity index (χ4n) is 9.97. The van der Waals surface area contributed by atoms with Gasteiger partial charge in [0.15, 0.2) is 0 Å². The summed E-state index contributed by atoms with van der Waals surface area (Å²) >= 11 is 0. The van der Waals surface area contributed by atoms with E-state index in [1.54, 1.807) is 5.57 Å². The van der Waals surface area contributed by atoms with E-state index in [1.165, 1.54) is 25.7 Å². The normalized spacial score (nSPS) is 49.4. The molecule has 186 valence electrons. The Balaban J connectivity index is 1.41. The largest absolute Gasteiger partial charge is 0.390 e. The average Bonchev–Trinajstić information content (AvgIpc) is 3.26. The number of Topliss-reactive ketones (excluding diaryl/α,β-unsaturated/α-hetero) is 1. The van der Waals surface area contributed by atoms with Crippen LogP contribution >= 0.6 is 0 Å². The average molecular weight is 457 g/mol. The van der Waals surface area contributed by atoms with Gasteiger partial charge in [-0.15, -0.1) is 0 Å². The van der Waals surface area contributed by atoms with Crippen molar-refractivity contribution < 1.29 is 14.6 Å². The minimum Gasteiger partial charge on any atom is -0.390 e. The van der Waals surface area contributed by atoms with Gasteiger partial charge in [-0.1, -0.05) is 53.2 Å². The van der Waals surface area contributed by atoms with Crippen molar-refractivity contribution in [3.8, 4) is 0 Å². The van der Waals surface area contributed by atoms with Crippen LogP contribution in [0.1, 0.15) is 107 Å². The molecule has 1 saturated heterocycles. The Labute approximate surface area is 202 Å². The molecule has 4 fully saturated rings. The summed E-state index contributed by atoms with van der Waals surface area (Å²) in [6.45, 7) is 18.7. The number of aliphatic hydroxyl groups is 1. The number of rotatable bonds is 4. The summed E-state index contributed by atoms with van der Waals surface area (Å²) in [7, 11) is 0. The van der Waals surface area contributed by atoms with E-state index in [2.05, 4.69) is 61.5 Å². The van der Waals surface area contributed by atoms with Crippen molar-refractivity contribution in [2.45, 2.75) is 125 Å². The van der Waals surface area contributed by atoms with Crippen LogP contribution in [-0.4, -0.2) is 28.7 Å². The number of epoxide rings is 1. The Morgan fingerprint density at radius 1 is 1.06 bits per heavy atom. The number of hydrogen-bond acceptors (Lipinski definition) is 3. The quantitative estimate of drug-likeness (QED) is 0.377. The third-order valence-electron chi connectivity index (χ3n) is 12.4. The van der Waals surface area contributed by atoms with Crippen LogP contribution in [0.25, 0.3) is 0 Å². The summed E-state index contributed by atoms with van der Waals surface area (Å²) in [4.78, 5) is 12.8. The smallest absolute Gasteiger partial charge is 0.138 e. The number of carbonyl (C=O) groups excluding carboxylic acids is 1. The maximum atomic E-state index is 12.8. The molecule has 1 N–H and O–H groups in total. The van der Waals surface area contributed by atoms with Gasteiger partial charge in [-0.05, 0) is 98.7 Å². The lowest BCUT2D eigenvalue weighted by atomic mass is 9.41. The maximum Gasteiger partial charge on any atom is 0.138 e. The number of ether oxygens (including phenoxy) is 1. The molecule has 3 heteroatoms. The molecule has 1 heterocycles. The van der Waals surface area contributed by atoms with Crippen LogP contribution < -0.4 is 0 Å². The molecular formula is C30H48O3. The topological polar surface area (TPSA) is 49.8 Å². The second-order valence-corrected chi connectivity index (χ2v) is 14.5. The molecule has 5 aliphatic rings. The van der Waals surface area contributed by atoms with Crippen molar-refractivity contribution in [1.29, 1.82) is 0 Å². The van der Waals surface area contributed by atoms with Crippen LogP contribution in [0.2, 0.25) is 0 Å². The second kappa shape index (κ2) is 7.19. The third-order valence-corrected chi connectivity index (χ3v) is 12.4. The lowest BCUT2D eigenvalue weighted by molar-refractivity contribution is -0.146. The van der Waals surface area contributed by atoms with Gasteiger partial charge in [-0.2, -0.15) is 0 Å². The molecule has 9 atom stereocenters. The predicted molar refractivity (Wildman–Crippen MR) is 133 cm³/mol. The molecule has 0 amide bonds. The summed E-state index contributed by atoms with van der Waals surface area (Å²) in [6.07, 6.45) is 11.1. The summed E-state index contributed by atoms with van der Waals surface area (Å²) < 4.78 is 5.75. The van der Waals surface area contributed by atoms with E-state index in [-0.39, 0.29) is 39.5 Å². The highest BCUT2D eigenvalue weighted by atomic mass is 16.6. The van der Waals surface area contributed by atoms with E-state index in [0.29, 0.717) is 29.5 Å². The molecule has 0 bridgehead atoms. The van der Waals surface area contributed by atoms with E-state index in [9.17, 15) is 9.90 Å². The third kappa shape index (κ3) is 3.16. The summed E-state index contributed by atoms with van der Waals surface area (Å²) in [5.41, 5.74) is 2.17. The molecule has 5 rings (SSSR count). The minimum absolute atomic E-state index is 0.00609. The zero-order valence-corrected chi connectivity index (χ0v) is 22.5. The van der Waals surface area contributed by atoms with Crippen molar-refractivity contribution in [2.75, 3.05) is 0 Å². The van der Waals surface area contributed by atoms with Crippen LogP contribution in [0, 0.1) is 45.3 Å². The van der Waals surface area contributed by atoms with Crippen LogP contribution in [0.5, 0.6) is 0 Å². The van der Waals surface area contributed by atoms with Gasteiger partial charge in [0.1, 0.15) is 11.9 Å². The standard InChI is InChI=1S/C30H48O3/c1-18(17-22(31)25-27(4,5)33-25)19-11-15-30(8)21-9-10-23-26(2,3)24(32)13-14-28(23,6)20(21)12-16-29(19,30)7/h9,18-20,22-23,25,31H,10-17H2,1-8H3/t18?,19-,20-,22?,23-,25?,28+,29-,30+/m0/s1. The van der Waals surface area contributed by atoms with Crippen molar-refractivity contribution >= 4 is 5.78 Å². The predicted octanol–water partition coefficient (Wildman–Crippen LogP) is 6.73. The Morgan fingerprint density at radius 3 is 2.36 bits per heavy atom. The van der Waals surface area contributed by atoms with Gasteiger partial charge < -0.3 is 9.84 Å². The van der Waals surface area contributed by atoms with E-state index < -0.39 is 0 Å². The van der Waals surface area contributed by atoms with Crippen LogP contribution in [-0.2, 0) is 9.53 Å². The highest BCUT2D eigenvalue weighted by Crippen LogP contribution is 2.73. The first kappa shape index (κ1) is 24.0. The molecule has 33 heavy (non-hydrogen) atoms. The van der Waals surface area contributed by atoms with Gasteiger partial charge in [-0.25, -0.2) is 0 Å². The van der Waals surface area contributed by atoms with Crippen molar-refractivity contribution in [1.82, 2.24) is 0 Å². The van der Waals surface area contributed by atoms with Crippen molar-refractivity contribution in [2.24, 2.45) is 45.3 Å². The van der Waals surface area contributed by atoms with Crippen LogP contribution in [0.4, 0.5) is 0 Å². The SMILES string of the molecule is CC(CC(O)C1OC1(C)C)[C@@H]1CC[C@]2(C)C3=CC[C@H]4C(C)(C)C(=O)CC[C@]4(C)[C@H]3CC[C@@]12C. The molecule has 4 aliphatic carbocycles. The Bertz CT molecular complexity index is 870. The Hall–Kier alpha value is -0.670. The maximum absolute atomic E-state index is 12.8. The van der Waals surface area contributed by atoms with E-state index >= 15 is 0 Å². The number of allylic oxidation sites excluding steroid dienone is 2. The molecule has 0 spiro atoms. The number of ketones is 1. The van der Waals surface area contributed by atoms with Gasteiger partial charge in [0.25, 0.3) is 0 Å². The van der Waals surface area contributed by atoms with Crippen molar-refractivity contribution in [3.05, 3.63) is 11.6 Å². The van der Waals surface area contributed by atoms with Gasteiger partial charge in [0, 0.05) is 11.8 Å². The van der Waals surface area contributed by atoms with E-state index in [1.807, 2.05) is 0 Å². The fourth-order valence-corrected chi connectivity index (χ4v) is 9.97. The number of carbonyl (C=O) groups is 1. The first-order valence-corrected chi connectivity index (χ1v) is 13.8. The summed E-state index contributed by atoms with van der Waals surface area (Å²) in [5.74, 6) is 2.73. The van der Waals surface area contributed by atoms with Gasteiger partial charge in [-0.3, -0.25) is 4.79 Å². The van der Waals surface area contributed by atoms with Crippen molar-refractivity contribution in [3.63, 3.8) is 0 Å². The molecule has 0 aromatic rings. The Morgan fingerprint density at radius 2 is 1.73 bits per heavy atom.